The fourth-order valence-corrected chi connectivity index (χ4v) is 2.19. The molecule has 0 radical (unpaired) electrons. The van der Waals surface area contributed by atoms with E-state index in [1.807, 2.05) is 4.90 Å². The van der Waals surface area contributed by atoms with Gasteiger partial charge in [0.1, 0.15) is 0 Å². The molecule has 0 spiro atoms. The van der Waals surface area contributed by atoms with Crippen molar-refractivity contribution in [1.82, 2.24) is 4.90 Å². The van der Waals surface area contributed by atoms with Crippen molar-refractivity contribution in [3.63, 3.8) is 0 Å². The quantitative estimate of drug-likeness (QED) is 0.695. The van der Waals surface area contributed by atoms with Crippen LogP contribution in [0.2, 0.25) is 0 Å². The van der Waals surface area contributed by atoms with Crippen LogP contribution < -0.4 is 0 Å². The summed E-state index contributed by atoms with van der Waals surface area (Å²) in [5, 5.41) is 0. The number of hydrogen-bond acceptors (Lipinski definition) is 2. The van der Waals surface area contributed by atoms with Crippen LogP contribution in [0.5, 0.6) is 0 Å². The van der Waals surface area contributed by atoms with Crippen LogP contribution in [0, 0.1) is 11.8 Å². The summed E-state index contributed by atoms with van der Waals surface area (Å²) < 4.78 is 5.66. The Morgan fingerprint density at radius 1 is 1.40 bits per heavy atom. The van der Waals surface area contributed by atoms with Gasteiger partial charge in [0.15, 0.2) is 0 Å². The van der Waals surface area contributed by atoms with E-state index < -0.39 is 0 Å². The Morgan fingerprint density at radius 2 is 2.13 bits per heavy atom. The van der Waals surface area contributed by atoms with Gasteiger partial charge in [0.2, 0.25) is 5.91 Å². The first-order valence-corrected chi connectivity index (χ1v) is 6.09. The number of ether oxygens (including phenoxy) is 1. The smallest absolute Gasteiger partial charge is 0.225 e. The van der Waals surface area contributed by atoms with Crippen molar-refractivity contribution in [2.45, 2.75) is 39.2 Å². The lowest BCUT2D eigenvalue weighted by atomic mass is 9.84. The number of carbonyl (C=O) groups excluding carboxylic acids is 1. The van der Waals surface area contributed by atoms with E-state index in [1.165, 1.54) is 6.42 Å². The summed E-state index contributed by atoms with van der Waals surface area (Å²) in [4.78, 5) is 14.0. The van der Waals surface area contributed by atoms with Gasteiger partial charge in [-0.2, -0.15) is 0 Å². The minimum Gasteiger partial charge on any atom is -0.374 e. The number of morpholine rings is 1. The first-order chi connectivity index (χ1) is 7.18. The molecule has 3 nitrogen and oxygen atoms in total. The highest BCUT2D eigenvalue weighted by atomic mass is 16.5. The maximum absolute atomic E-state index is 12.0. The topological polar surface area (TPSA) is 29.5 Å². The molecule has 1 aliphatic heterocycles. The molecule has 2 rings (SSSR count). The van der Waals surface area contributed by atoms with E-state index in [1.54, 1.807) is 0 Å². The van der Waals surface area contributed by atoms with Crippen molar-refractivity contribution >= 4 is 5.91 Å². The maximum atomic E-state index is 12.0. The number of nitrogens with zero attached hydrogens (tertiary/aromatic N) is 1. The predicted molar refractivity (Wildman–Crippen MR) is 58.5 cm³/mol. The molecule has 1 saturated carbocycles. The second kappa shape index (κ2) is 4.52. The molecule has 15 heavy (non-hydrogen) atoms. The lowest BCUT2D eigenvalue weighted by Gasteiger charge is -2.38. The molecule has 0 aromatic carbocycles. The number of rotatable bonds is 2. The summed E-state index contributed by atoms with van der Waals surface area (Å²) >= 11 is 0. The average Bonchev–Trinajstić information content (AvgIpc) is 2.15. The average molecular weight is 211 g/mol. The molecule has 2 aliphatic rings. The molecule has 86 valence electrons. The summed E-state index contributed by atoms with van der Waals surface area (Å²) in [6, 6.07) is 0. The van der Waals surface area contributed by atoms with Crippen molar-refractivity contribution in [2.24, 2.45) is 11.8 Å². The Bertz CT molecular complexity index is 236. The number of hydrogen-bond donors (Lipinski definition) is 0. The molecule has 0 N–H and O–H groups in total. The predicted octanol–water partition coefficient (Wildman–Crippen LogP) is 1.67. The van der Waals surface area contributed by atoms with Gasteiger partial charge in [-0.25, -0.2) is 0 Å². The summed E-state index contributed by atoms with van der Waals surface area (Å²) in [5.41, 5.74) is 0. The van der Waals surface area contributed by atoms with Crippen LogP contribution in [0.1, 0.15) is 33.1 Å². The van der Waals surface area contributed by atoms with Gasteiger partial charge in [-0.3, -0.25) is 4.79 Å². The highest BCUT2D eigenvalue weighted by molar-refractivity contribution is 5.79. The van der Waals surface area contributed by atoms with Crippen molar-refractivity contribution in [3.05, 3.63) is 0 Å². The van der Waals surface area contributed by atoms with Gasteiger partial charge in [0, 0.05) is 19.0 Å². The van der Waals surface area contributed by atoms with Crippen LogP contribution >= 0.6 is 0 Å². The number of amides is 1. The highest BCUT2D eigenvalue weighted by Gasteiger charge is 2.33. The fourth-order valence-electron chi connectivity index (χ4n) is 2.19. The summed E-state index contributed by atoms with van der Waals surface area (Å²) in [5.74, 6) is 1.20. The Labute approximate surface area is 91.8 Å². The first-order valence-electron chi connectivity index (χ1n) is 6.09. The third-order valence-corrected chi connectivity index (χ3v) is 3.60. The Morgan fingerprint density at radius 3 is 2.67 bits per heavy atom. The molecule has 1 atom stereocenters. The van der Waals surface area contributed by atoms with Crippen molar-refractivity contribution in [1.29, 1.82) is 0 Å². The molecule has 3 heteroatoms. The van der Waals surface area contributed by atoms with Gasteiger partial charge in [0.25, 0.3) is 0 Å². The van der Waals surface area contributed by atoms with Gasteiger partial charge in [-0.1, -0.05) is 20.3 Å². The van der Waals surface area contributed by atoms with Crippen molar-refractivity contribution in [2.75, 3.05) is 19.7 Å². The summed E-state index contributed by atoms with van der Waals surface area (Å²) in [7, 11) is 0. The van der Waals surface area contributed by atoms with Gasteiger partial charge >= 0.3 is 0 Å². The van der Waals surface area contributed by atoms with Gasteiger partial charge < -0.3 is 9.64 Å². The zero-order valence-electron chi connectivity index (χ0n) is 9.74. The summed E-state index contributed by atoms with van der Waals surface area (Å²) in [6.07, 6.45) is 3.67. The third-order valence-electron chi connectivity index (χ3n) is 3.60. The lowest BCUT2D eigenvalue weighted by molar-refractivity contribution is -0.147. The Kier molecular flexibility index (Phi) is 3.29. The molecular formula is C12H21NO2. The zero-order valence-corrected chi connectivity index (χ0v) is 9.74. The molecule has 0 bridgehead atoms. The molecule has 1 heterocycles. The van der Waals surface area contributed by atoms with Gasteiger partial charge in [-0.15, -0.1) is 0 Å². The van der Waals surface area contributed by atoms with E-state index in [0.717, 1.165) is 25.9 Å². The van der Waals surface area contributed by atoms with E-state index in [0.29, 0.717) is 24.3 Å². The standard InChI is InChI=1S/C12H21NO2/c1-9(2)11-8-13(6-7-15-11)12(14)10-4-3-5-10/h9-11H,3-8H2,1-2H3. The van der Waals surface area contributed by atoms with E-state index in [-0.39, 0.29) is 6.10 Å². The minimum absolute atomic E-state index is 0.239. The molecule has 2 fully saturated rings. The lowest BCUT2D eigenvalue weighted by Crippen LogP contribution is -2.50. The Balaban J connectivity index is 1.88. The third kappa shape index (κ3) is 2.33. The minimum atomic E-state index is 0.239. The highest BCUT2D eigenvalue weighted by Crippen LogP contribution is 2.29. The normalized spacial score (nSPS) is 27.9. The molecule has 1 unspecified atom stereocenters. The van der Waals surface area contributed by atoms with Gasteiger partial charge in [0.05, 0.1) is 12.7 Å². The molecule has 0 aromatic heterocycles. The number of carbonyl (C=O) groups is 1. The SMILES string of the molecule is CC(C)C1CN(C(=O)C2CCC2)CCO1. The zero-order chi connectivity index (χ0) is 10.8. The Hall–Kier alpha value is -0.570. The van der Waals surface area contributed by atoms with E-state index in [4.69, 9.17) is 4.74 Å². The molecule has 1 amide bonds. The van der Waals surface area contributed by atoms with Crippen LogP contribution in [0.25, 0.3) is 0 Å². The van der Waals surface area contributed by atoms with Crippen molar-refractivity contribution < 1.29 is 9.53 Å². The fraction of sp³-hybridized carbons (Fsp3) is 0.917. The van der Waals surface area contributed by atoms with Crippen LogP contribution in [0.15, 0.2) is 0 Å². The molecular weight excluding hydrogens is 190 g/mol. The second-order valence-corrected chi connectivity index (χ2v) is 5.07. The van der Waals surface area contributed by atoms with E-state index >= 15 is 0 Å². The summed E-state index contributed by atoms with van der Waals surface area (Å²) in [6.45, 7) is 6.61. The molecule has 1 saturated heterocycles. The van der Waals surface area contributed by atoms with E-state index in [9.17, 15) is 4.79 Å². The van der Waals surface area contributed by atoms with E-state index in [2.05, 4.69) is 13.8 Å². The van der Waals surface area contributed by atoms with Crippen molar-refractivity contribution in [3.8, 4) is 0 Å². The van der Waals surface area contributed by atoms with Crippen LogP contribution in [0.3, 0.4) is 0 Å². The first kappa shape index (κ1) is 10.9. The van der Waals surface area contributed by atoms with Crippen LogP contribution in [-0.2, 0) is 9.53 Å². The van der Waals surface area contributed by atoms with Crippen LogP contribution in [-0.4, -0.2) is 36.6 Å². The largest absolute Gasteiger partial charge is 0.374 e. The van der Waals surface area contributed by atoms with Gasteiger partial charge in [-0.05, 0) is 18.8 Å². The molecule has 1 aliphatic carbocycles. The second-order valence-electron chi connectivity index (χ2n) is 5.07. The maximum Gasteiger partial charge on any atom is 0.225 e. The van der Waals surface area contributed by atoms with Crippen LogP contribution in [0.4, 0.5) is 0 Å². The molecule has 0 aromatic rings. The monoisotopic (exact) mass is 211 g/mol.